The van der Waals surface area contributed by atoms with Crippen LogP contribution in [-0.2, 0) is 11.2 Å². The molecule has 1 amide bonds. The lowest BCUT2D eigenvalue weighted by molar-refractivity contribution is -0.120. The summed E-state index contributed by atoms with van der Waals surface area (Å²) in [5.41, 5.74) is 5.49. The number of aromatic hydroxyl groups is 1. The molecule has 1 aliphatic rings. The molecule has 7 nitrogen and oxygen atoms in total. The first-order chi connectivity index (χ1) is 16.4. The van der Waals surface area contributed by atoms with Gasteiger partial charge in [0.15, 0.2) is 11.5 Å². The highest BCUT2D eigenvalue weighted by Crippen LogP contribution is 2.44. The smallest absolute Gasteiger partial charge is 0.226 e. The van der Waals surface area contributed by atoms with Gasteiger partial charge < -0.3 is 19.9 Å². The number of ether oxygens (including phenoxy) is 2. The fourth-order valence-corrected chi connectivity index (χ4v) is 3.98. The minimum atomic E-state index is -0.357. The number of hydrogen-bond acceptors (Lipinski definition) is 6. The highest BCUT2D eigenvalue weighted by Gasteiger charge is 2.25. The Morgan fingerprint density at radius 2 is 1.85 bits per heavy atom. The quantitative estimate of drug-likeness (QED) is 0.552. The Morgan fingerprint density at radius 3 is 2.50 bits per heavy atom. The summed E-state index contributed by atoms with van der Waals surface area (Å²) >= 11 is 0. The van der Waals surface area contributed by atoms with Crippen molar-refractivity contribution in [2.75, 3.05) is 20.8 Å². The minimum Gasteiger partial charge on any atom is -0.502 e. The summed E-state index contributed by atoms with van der Waals surface area (Å²) in [7, 11) is 2.93. The molecule has 0 aliphatic heterocycles. The molecule has 2 N–H and O–H groups in total. The summed E-state index contributed by atoms with van der Waals surface area (Å²) in [5, 5.41) is 13.1. The molecule has 0 saturated heterocycles. The van der Waals surface area contributed by atoms with Gasteiger partial charge in [-0.15, -0.1) is 0 Å². The van der Waals surface area contributed by atoms with Gasteiger partial charge in [0.1, 0.15) is 5.82 Å². The van der Waals surface area contributed by atoms with Crippen molar-refractivity contribution in [1.82, 2.24) is 15.3 Å². The molecule has 0 saturated carbocycles. The molecule has 0 unspecified atom stereocenters. The second-order valence-electron chi connectivity index (χ2n) is 7.78. The van der Waals surface area contributed by atoms with Crippen LogP contribution in [0.4, 0.5) is 4.39 Å². The van der Waals surface area contributed by atoms with E-state index >= 15 is 0 Å². The number of phenols is 1. The third-order valence-corrected chi connectivity index (χ3v) is 5.69. The molecule has 3 aromatic rings. The van der Waals surface area contributed by atoms with Crippen LogP contribution in [0.15, 0.2) is 54.5 Å². The SMILES string of the molecule is COc1cc(/C=C2/C(C)=C(CNC(=O)Cc3cnccn3)c3cc(F)ccc32)cc(OC)c1O. The molecule has 4 rings (SSSR count). The molecule has 0 fully saturated rings. The monoisotopic (exact) mass is 461 g/mol. The van der Waals surface area contributed by atoms with Crippen LogP contribution in [0.25, 0.3) is 17.2 Å². The number of methoxy groups -OCH3 is 2. The molecule has 0 bridgehead atoms. The number of rotatable bonds is 7. The van der Waals surface area contributed by atoms with Crippen LogP contribution in [-0.4, -0.2) is 41.7 Å². The van der Waals surface area contributed by atoms with Crippen molar-refractivity contribution in [3.63, 3.8) is 0 Å². The van der Waals surface area contributed by atoms with Crippen molar-refractivity contribution >= 4 is 23.1 Å². The molecule has 0 radical (unpaired) electrons. The lowest BCUT2D eigenvalue weighted by Crippen LogP contribution is -2.27. The summed E-state index contributed by atoms with van der Waals surface area (Å²) in [6.07, 6.45) is 6.66. The van der Waals surface area contributed by atoms with Gasteiger partial charge in [-0.2, -0.15) is 0 Å². The van der Waals surface area contributed by atoms with Gasteiger partial charge >= 0.3 is 0 Å². The fraction of sp³-hybridized carbons (Fsp3) is 0.192. The molecule has 0 spiro atoms. The number of hydrogen-bond donors (Lipinski definition) is 2. The Labute approximate surface area is 196 Å². The maximum absolute atomic E-state index is 14.1. The highest BCUT2D eigenvalue weighted by atomic mass is 19.1. The van der Waals surface area contributed by atoms with Gasteiger partial charge in [-0.3, -0.25) is 14.8 Å². The lowest BCUT2D eigenvalue weighted by Gasteiger charge is -2.11. The first-order valence-electron chi connectivity index (χ1n) is 10.6. The van der Waals surface area contributed by atoms with E-state index in [2.05, 4.69) is 15.3 Å². The van der Waals surface area contributed by atoms with E-state index in [-0.39, 0.29) is 41.9 Å². The van der Waals surface area contributed by atoms with E-state index in [1.807, 2.05) is 13.0 Å². The first kappa shape index (κ1) is 23.0. The van der Waals surface area contributed by atoms with Gasteiger partial charge in [0.2, 0.25) is 11.7 Å². The molecular formula is C26H24FN3O4. The Morgan fingerprint density at radius 1 is 1.12 bits per heavy atom. The van der Waals surface area contributed by atoms with Crippen molar-refractivity contribution < 1.29 is 23.8 Å². The zero-order valence-corrected chi connectivity index (χ0v) is 19.1. The average Bonchev–Trinajstić information content (AvgIpc) is 3.09. The molecule has 1 aliphatic carbocycles. The lowest BCUT2D eigenvalue weighted by atomic mass is 10.00. The number of nitrogens with one attached hydrogen (secondary N) is 1. The number of phenolic OH excluding ortho intramolecular Hbond substituents is 1. The van der Waals surface area contributed by atoms with Crippen LogP contribution in [0.2, 0.25) is 0 Å². The van der Waals surface area contributed by atoms with Gasteiger partial charge in [-0.05, 0) is 70.7 Å². The van der Waals surface area contributed by atoms with Crippen molar-refractivity contribution in [2.45, 2.75) is 13.3 Å². The number of fused-ring (bicyclic) bond motifs is 1. The number of halogens is 1. The summed E-state index contributed by atoms with van der Waals surface area (Å²) in [6.45, 7) is 2.17. The van der Waals surface area contributed by atoms with Crippen molar-refractivity contribution in [1.29, 1.82) is 0 Å². The van der Waals surface area contributed by atoms with Crippen LogP contribution in [0.3, 0.4) is 0 Å². The molecule has 2 aromatic carbocycles. The molecule has 8 heteroatoms. The van der Waals surface area contributed by atoms with Crippen molar-refractivity contribution in [2.24, 2.45) is 0 Å². The highest BCUT2D eigenvalue weighted by molar-refractivity contribution is 6.06. The van der Waals surface area contributed by atoms with Gasteiger partial charge in [0.25, 0.3) is 0 Å². The maximum Gasteiger partial charge on any atom is 0.226 e. The molecule has 1 aromatic heterocycles. The average molecular weight is 461 g/mol. The predicted molar refractivity (Wildman–Crippen MR) is 127 cm³/mol. The van der Waals surface area contributed by atoms with E-state index in [1.54, 1.807) is 30.6 Å². The van der Waals surface area contributed by atoms with Crippen LogP contribution < -0.4 is 14.8 Å². The van der Waals surface area contributed by atoms with Gasteiger partial charge in [-0.1, -0.05) is 6.07 Å². The second-order valence-corrected chi connectivity index (χ2v) is 7.78. The van der Waals surface area contributed by atoms with Gasteiger partial charge in [0, 0.05) is 25.1 Å². The fourth-order valence-electron chi connectivity index (χ4n) is 3.98. The predicted octanol–water partition coefficient (Wildman–Crippen LogP) is 4.03. The molecular weight excluding hydrogens is 437 g/mol. The van der Waals surface area contributed by atoms with Gasteiger partial charge in [-0.25, -0.2) is 4.39 Å². The topological polar surface area (TPSA) is 93.6 Å². The zero-order valence-electron chi connectivity index (χ0n) is 19.1. The number of benzene rings is 2. The standard InChI is InChI=1S/C26H24FN3O4/c1-15-20(8-16-9-23(33-2)26(32)24(10-16)34-3)19-5-4-17(27)11-21(19)22(15)14-30-25(31)12-18-13-28-6-7-29-18/h4-11,13,32H,12,14H2,1-3H3,(H,30,31)/b20-8-. The Kier molecular flexibility index (Phi) is 6.58. The zero-order chi connectivity index (χ0) is 24.2. The Bertz CT molecular complexity index is 1280. The molecule has 1 heterocycles. The van der Waals surface area contributed by atoms with Crippen molar-refractivity contribution in [3.05, 3.63) is 82.7 Å². The molecule has 0 atom stereocenters. The largest absolute Gasteiger partial charge is 0.502 e. The number of amides is 1. The Hall–Kier alpha value is -4.20. The summed E-state index contributed by atoms with van der Waals surface area (Å²) < 4.78 is 24.7. The number of carbonyl (C=O) groups is 1. The first-order valence-corrected chi connectivity index (χ1v) is 10.6. The van der Waals surface area contributed by atoms with E-state index in [4.69, 9.17) is 9.47 Å². The van der Waals surface area contributed by atoms with E-state index in [0.29, 0.717) is 5.69 Å². The second kappa shape index (κ2) is 9.74. The summed E-state index contributed by atoms with van der Waals surface area (Å²) in [4.78, 5) is 20.6. The van der Waals surface area contributed by atoms with Crippen LogP contribution >= 0.6 is 0 Å². The number of aromatic nitrogens is 2. The van der Waals surface area contributed by atoms with Crippen LogP contribution in [0.1, 0.15) is 29.3 Å². The third kappa shape index (κ3) is 4.61. The summed E-state index contributed by atoms with van der Waals surface area (Å²) in [5.74, 6) is -0.0866. The van der Waals surface area contributed by atoms with Crippen LogP contribution in [0.5, 0.6) is 17.2 Å². The van der Waals surface area contributed by atoms with E-state index in [1.165, 1.54) is 32.5 Å². The van der Waals surface area contributed by atoms with Gasteiger partial charge in [0.05, 0.1) is 26.3 Å². The van der Waals surface area contributed by atoms with E-state index < -0.39 is 0 Å². The number of nitrogens with zero attached hydrogens (tertiary/aromatic N) is 2. The van der Waals surface area contributed by atoms with E-state index in [0.717, 1.165) is 33.4 Å². The maximum atomic E-state index is 14.1. The molecule has 174 valence electrons. The number of carbonyl (C=O) groups excluding carboxylic acids is 1. The van der Waals surface area contributed by atoms with E-state index in [9.17, 15) is 14.3 Å². The third-order valence-electron chi connectivity index (χ3n) is 5.69. The normalized spacial score (nSPS) is 13.7. The summed E-state index contributed by atoms with van der Waals surface area (Å²) in [6, 6.07) is 8.00. The molecule has 34 heavy (non-hydrogen) atoms. The number of allylic oxidation sites excluding steroid dienone is 2. The van der Waals surface area contributed by atoms with Crippen molar-refractivity contribution in [3.8, 4) is 17.2 Å². The minimum absolute atomic E-state index is 0.0835. The van der Waals surface area contributed by atoms with Crippen LogP contribution in [0, 0.1) is 5.82 Å². The Balaban J connectivity index is 1.67.